The van der Waals surface area contributed by atoms with Crippen molar-refractivity contribution in [2.45, 2.75) is 18.6 Å². The van der Waals surface area contributed by atoms with E-state index in [1.165, 1.54) is 4.57 Å². The molecule has 1 aliphatic rings. The molecule has 1 unspecified atom stereocenters. The first-order valence-corrected chi connectivity index (χ1v) is 8.79. The number of imidazole rings is 1. The Hall–Kier alpha value is -1.89. The van der Waals surface area contributed by atoms with Crippen molar-refractivity contribution >= 4 is 24.7 Å². The number of hydrogen-bond donors (Lipinski definition) is 5. The van der Waals surface area contributed by atoms with Crippen LogP contribution in [0.15, 0.2) is 11.1 Å². The molecule has 0 radical (unpaired) electrons. The van der Waals surface area contributed by atoms with Crippen molar-refractivity contribution in [2.75, 3.05) is 18.8 Å². The number of aliphatic hydroxyl groups excluding tert-OH is 1. The van der Waals surface area contributed by atoms with Gasteiger partial charge >= 0.3 is 7.60 Å². The minimum absolute atomic E-state index is 0.00135. The van der Waals surface area contributed by atoms with Gasteiger partial charge in [-0.3, -0.25) is 23.3 Å². The van der Waals surface area contributed by atoms with Crippen molar-refractivity contribution < 1.29 is 33.3 Å². The molecule has 0 saturated carbocycles. The van der Waals surface area contributed by atoms with Crippen LogP contribution in [-0.4, -0.2) is 59.8 Å². The molecule has 1 aliphatic heterocycles. The molecule has 2 aromatic rings. The standard InChI is InChI=1S/C11H15FN5O7P/c12-1-4-6(18)9(24-10(4)23-3-25(20,21)22)17-2-14-5-7(17)15-11(13)16-8(5)19/h2,4,6,9-10,18H,1,3H2,(H2,20,21,22)(H3,13,15,16,19)/t4?,6-,9+,10-/m0/s1. The van der Waals surface area contributed by atoms with E-state index >= 15 is 0 Å². The first kappa shape index (κ1) is 17.9. The van der Waals surface area contributed by atoms with E-state index in [1.807, 2.05) is 0 Å². The van der Waals surface area contributed by atoms with Crippen molar-refractivity contribution in [1.29, 1.82) is 0 Å². The number of nitrogens with two attached hydrogens (primary N) is 1. The molecule has 138 valence electrons. The minimum atomic E-state index is -4.51. The van der Waals surface area contributed by atoms with Crippen LogP contribution in [0.25, 0.3) is 11.2 Å². The van der Waals surface area contributed by atoms with Crippen molar-refractivity contribution in [3.8, 4) is 0 Å². The number of ether oxygens (including phenoxy) is 2. The summed E-state index contributed by atoms with van der Waals surface area (Å²) >= 11 is 0. The number of nitrogens with one attached hydrogen (secondary N) is 1. The number of anilines is 1. The van der Waals surface area contributed by atoms with E-state index in [1.54, 1.807) is 0 Å². The molecular formula is C11H15FN5O7P. The number of aromatic amines is 1. The van der Waals surface area contributed by atoms with E-state index < -0.39 is 50.7 Å². The fraction of sp³-hybridized carbons (Fsp3) is 0.545. The van der Waals surface area contributed by atoms with Crippen molar-refractivity contribution in [3.63, 3.8) is 0 Å². The predicted molar refractivity (Wildman–Crippen MR) is 79.9 cm³/mol. The van der Waals surface area contributed by atoms with Crippen LogP contribution in [0.1, 0.15) is 6.23 Å². The van der Waals surface area contributed by atoms with Crippen LogP contribution in [0.5, 0.6) is 0 Å². The molecule has 2 aromatic heterocycles. The summed E-state index contributed by atoms with van der Waals surface area (Å²) in [5, 5.41) is 10.3. The van der Waals surface area contributed by atoms with Gasteiger partial charge in [0.15, 0.2) is 30.0 Å². The number of nitrogens with zero attached hydrogens (tertiary/aromatic N) is 3. The lowest BCUT2D eigenvalue weighted by atomic mass is 10.1. The zero-order valence-corrected chi connectivity index (χ0v) is 13.4. The molecule has 14 heteroatoms. The fourth-order valence-electron chi connectivity index (χ4n) is 2.55. The van der Waals surface area contributed by atoms with Gasteiger partial charge in [0.1, 0.15) is 6.10 Å². The molecule has 3 rings (SSSR count). The number of rotatable bonds is 5. The van der Waals surface area contributed by atoms with Gasteiger partial charge in [0.05, 0.1) is 18.9 Å². The molecule has 6 N–H and O–H groups in total. The number of nitrogen functional groups attached to an aromatic ring is 1. The zero-order valence-electron chi connectivity index (χ0n) is 12.5. The summed E-state index contributed by atoms with van der Waals surface area (Å²) in [6.07, 6.45) is -3.92. The lowest BCUT2D eigenvalue weighted by Gasteiger charge is -2.17. The summed E-state index contributed by atoms with van der Waals surface area (Å²) in [4.78, 5) is 39.5. The molecule has 3 heterocycles. The molecule has 0 amide bonds. The smallest absolute Gasteiger partial charge is 0.351 e. The van der Waals surface area contributed by atoms with Gasteiger partial charge in [-0.05, 0) is 0 Å². The summed E-state index contributed by atoms with van der Waals surface area (Å²) in [6, 6.07) is 0. The number of aliphatic hydroxyl groups is 1. The van der Waals surface area contributed by atoms with E-state index in [0.29, 0.717) is 0 Å². The molecule has 0 aromatic carbocycles. The number of fused-ring (bicyclic) bond motifs is 1. The maximum absolute atomic E-state index is 13.2. The summed E-state index contributed by atoms with van der Waals surface area (Å²) in [5.41, 5.74) is 4.80. The van der Waals surface area contributed by atoms with Crippen LogP contribution in [-0.2, 0) is 14.0 Å². The second-order valence-corrected chi connectivity index (χ2v) is 7.03. The van der Waals surface area contributed by atoms with Gasteiger partial charge in [-0.2, -0.15) is 4.98 Å². The van der Waals surface area contributed by atoms with E-state index in [0.717, 1.165) is 6.33 Å². The van der Waals surface area contributed by atoms with Gasteiger partial charge in [-0.1, -0.05) is 0 Å². The Labute approximate surface area is 138 Å². The van der Waals surface area contributed by atoms with Gasteiger partial charge in [0.25, 0.3) is 5.56 Å². The Morgan fingerprint density at radius 1 is 1.52 bits per heavy atom. The van der Waals surface area contributed by atoms with Crippen molar-refractivity contribution in [1.82, 2.24) is 19.5 Å². The Bertz CT molecular complexity index is 881. The Balaban J connectivity index is 1.93. The number of alkyl halides is 1. The van der Waals surface area contributed by atoms with Crippen LogP contribution >= 0.6 is 7.60 Å². The molecule has 1 fully saturated rings. The van der Waals surface area contributed by atoms with Crippen LogP contribution in [0.3, 0.4) is 0 Å². The highest BCUT2D eigenvalue weighted by molar-refractivity contribution is 7.51. The third-order valence-corrected chi connectivity index (χ3v) is 4.15. The summed E-state index contributed by atoms with van der Waals surface area (Å²) in [5.74, 6) is -1.39. The first-order chi connectivity index (χ1) is 11.7. The number of aromatic nitrogens is 4. The lowest BCUT2D eigenvalue weighted by Crippen LogP contribution is -2.29. The summed E-state index contributed by atoms with van der Waals surface area (Å²) in [7, 11) is -4.51. The molecular weight excluding hydrogens is 364 g/mol. The predicted octanol–water partition coefficient (Wildman–Crippen LogP) is -1.34. The topological polar surface area (TPSA) is 186 Å². The highest BCUT2D eigenvalue weighted by Gasteiger charge is 2.46. The lowest BCUT2D eigenvalue weighted by molar-refractivity contribution is -0.157. The summed E-state index contributed by atoms with van der Waals surface area (Å²) < 4.78 is 35.6. The molecule has 0 bridgehead atoms. The quantitative estimate of drug-likeness (QED) is 0.389. The van der Waals surface area contributed by atoms with Crippen molar-refractivity contribution in [2.24, 2.45) is 5.92 Å². The molecule has 0 spiro atoms. The van der Waals surface area contributed by atoms with Gasteiger partial charge in [0.2, 0.25) is 5.95 Å². The Morgan fingerprint density at radius 3 is 2.88 bits per heavy atom. The highest BCUT2D eigenvalue weighted by atomic mass is 31.2. The van der Waals surface area contributed by atoms with E-state index in [9.17, 15) is 18.9 Å². The largest absolute Gasteiger partial charge is 0.388 e. The third-order valence-electron chi connectivity index (χ3n) is 3.66. The molecule has 12 nitrogen and oxygen atoms in total. The molecule has 25 heavy (non-hydrogen) atoms. The van der Waals surface area contributed by atoms with Gasteiger partial charge in [0, 0.05) is 0 Å². The monoisotopic (exact) mass is 379 g/mol. The number of hydrogen-bond acceptors (Lipinski definition) is 8. The van der Waals surface area contributed by atoms with E-state index in [2.05, 4.69) is 15.0 Å². The van der Waals surface area contributed by atoms with Gasteiger partial charge < -0.3 is 30.1 Å². The zero-order chi connectivity index (χ0) is 18.4. The van der Waals surface area contributed by atoms with Crippen LogP contribution < -0.4 is 11.3 Å². The normalized spacial score (nSPS) is 27.2. The van der Waals surface area contributed by atoms with Gasteiger partial charge in [-0.25, -0.2) is 4.98 Å². The maximum Gasteiger partial charge on any atom is 0.351 e. The Morgan fingerprint density at radius 2 is 2.24 bits per heavy atom. The van der Waals surface area contributed by atoms with Crippen molar-refractivity contribution in [3.05, 3.63) is 16.7 Å². The van der Waals surface area contributed by atoms with Crippen LogP contribution in [0.4, 0.5) is 10.3 Å². The maximum atomic E-state index is 13.2. The van der Waals surface area contributed by atoms with Gasteiger partial charge in [-0.15, -0.1) is 0 Å². The first-order valence-electron chi connectivity index (χ1n) is 6.99. The second kappa shape index (κ2) is 6.44. The Kier molecular flexibility index (Phi) is 4.62. The summed E-state index contributed by atoms with van der Waals surface area (Å²) in [6.45, 7) is -1.06. The average molecular weight is 379 g/mol. The molecule has 0 aliphatic carbocycles. The van der Waals surface area contributed by atoms with E-state index in [4.69, 9.17) is 25.0 Å². The third kappa shape index (κ3) is 3.42. The number of halogens is 1. The minimum Gasteiger partial charge on any atom is -0.388 e. The second-order valence-electron chi connectivity index (χ2n) is 5.44. The number of H-pyrrole nitrogens is 1. The molecule has 4 atom stereocenters. The van der Waals surface area contributed by atoms with Crippen LogP contribution in [0.2, 0.25) is 0 Å². The molecule has 1 saturated heterocycles. The fourth-order valence-corrected chi connectivity index (χ4v) is 2.89. The van der Waals surface area contributed by atoms with Crippen LogP contribution in [0, 0.1) is 5.92 Å². The van der Waals surface area contributed by atoms with E-state index in [-0.39, 0.29) is 17.1 Å². The average Bonchev–Trinajstić information content (AvgIpc) is 3.05. The highest BCUT2D eigenvalue weighted by Crippen LogP contribution is 2.40. The SMILES string of the molecule is Nc1nc2c(ncn2[C@@H]2O[C@H](OCP(=O)(O)O)C(CF)[C@@H]2O)c(=O)[nH]1.